The van der Waals surface area contributed by atoms with Crippen LogP contribution in [0, 0.1) is 13.8 Å². The summed E-state index contributed by atoms with van der Waals surface area (Å²) >= 11 is 0. The van der Waals surface area contributed by atoms with Crippen LogP contribution in [0.25, 0.3) is 0 Å². The van der Waals surface area contributed by atoms with Crippen LogP contribution >= 0.6 is 0 Å². The predicted molar refractivity (Wildman–Crippen MR) is 55.7 cm³/mol. The van der Waals surface area contributed by atoms with Crippen LogP contribution in [0.1, 0.15) is 11.1 Å². The van der Waals surface area contributed by atoms with E-state index in [1.807, 2.05) is 32.0 Å². The van der Waals surface area contributed by atoms with Crippen LogP contribution in [0.2, 0.25) is 0 Å². The van der Waals surface area contributed by atoms with E-state index in [2.05, 4.69) is 0 Å². The smallest absolute Gasteiger partial charge is 0.225 e. The van der Waals surface area contributed by atoms with Crippen molar-refractivity contribution in [1.29, 1.82) is 0 Å². The second-order valence-electron chi connectivity index (χ2n) is 3.70. The lowest BCUT2D eigenvalue weighted by molar-refractivity contribution is -0.654. The van der Waals surface area contributed by atoms with Gasteiger partial charge in [0.05, 0.1) is 12.2 Å². The number of nitrogens with one attached hydrogen (secondary N) is 1. The van der Waals surface area contributed by atoms with Crippen molar-refractivity contribution in [2.45, 2.75) is 13.8 Å². The maximum Gasteiger partial charge on any atom is 0.350 e. The third-order valence-corrected chi connectivity index (χ3v) is 2.61. The molecule has 3 nitrogen and oxygen atoms in total. The first-order valence-corrected chi connectivity index (χ1v) is 4.81. The van der Waals surface area contributed by atoms with Gasteiger partial charge in [-0.05, 0) is 13.8 Å². The first kappa shape index (κ1) is 9.80. The molecule has 1 N–H and O–H groups in total. The number of imide groups is 1. The summed E-state index contributed by atoms with van der Waals surface area (Å²) < 4.78 is 0. The molecule has 2 rings (SSSR count). The van der Waals surface area contributed by atoms with E-state index in [1.165, 1.54) is 12.2 Å². The number of hydrogen-bond donors (Lipinski definition) is 1. The first-order chi connectivity index (χ1) is 7.11. The topological polar surface area (TPSA) is 38.6 Å². The van der Waals surface area contributed by atoms with E-state index in [-0.39, 0.29) is 11.8 Å². The van der Waals surface area contributed by atoms with Crippen LogP contribution in [0.5, 0.6) is 0 Å². The van der Waals surface area contributed by atoms with Crippen LogP contribution < -0.4 is 4.90 Å². The summed E-state index contributed by atoms with van der Waals surface area (Å²) in [5.41, 5.74) is 2.73. The zero-order valence-electron chi connectivity index (χ0n) is 8.70. The number of benzene rings is 1. The maximum atomic E-state index is 11.5. The molecular formula is C12H12NO2+. The Labute approximate surface area is 88.0 Å². The van der Waals surface area contributed by atoms with Crippen LogP contribution in [0.4, 0.5) is 5.69 Å². The normalized spacial score (nSPS) is 16.4. The number of carbonyl (C=O) groups excluding carboxylic acids is 2. The Bertz CT molecular complexity index is 436. The molecule has 0 atom stereocenters. The van der Waals surface area contributed by atoms with Crippen LogP contribution in [-0.2, 0) is 9.59 Å². The van der Waals surface area contributed by atoms with Gasteiger partial charge in [-0.1, -0.05) is 18.2 Å². The summed E-state index contributed by atoms with van der Waals surface area (Å²) in [6.45, 7) is 3.82. The standard InChI is InChI=1S/C12H11NO2/c1-8-4-3-5-9(2)12(8)13-10(14)6-7-11(13)15/h3-7H,1-2H3/p+1. The van der Waals surface area contributed by atoms with Gasteiger partial charge in [0.1, 0.15) is 0 Å². The zero-order valence-corrected chi connectivity index (χ0v) is 8.70. The van der Waals surface area contributed by atoms with Crippen LogP contribution in [0.15, 0.2) is 30.4 Å². The molecule has 1 aliphatic rings. The molecule has 1 aromatic carbocycles. The molecular weight excluding hydrogens is 190 g/mol. The van der Waals surface area contributed by atoms with E-state index in [1.54, 1.807) is 0 Å². The van der Waals surface area contributed by atoms with Crippen molar-refractivity contribution in [2.75, 3.05) is 0 Å². The van der Waals surface area contributed by atoms with Crippen molar-refractivity contribution in [1.82, 2.24) is 0 Å². The number of carbonyl (C=O) groups is 2. The SMILES string of the molecule is Cc1cccc(C)c1[NH+]1C(=O)C=CC1=O. The predicted octanol–water partition coefficient (Wildman–Crippen LogP) is 0.443. The number of amides is 2. The van der Waals surface area contributed by atoms with E-state index in [4.69, 9.17) is 0 Å². The van der Waals surface area contributed by atoms with Gasteiger partial charge in [0.2, 0.25) is 0 Å². The van der Waals surface area contributed by atoms with Gasteiger partial charge in [0.25, 0.3) is 0 Å². The number of para-hydroxylation sites is 1. The molecule has 15 heavy (non-hydrogen) atoms. The minimum atomic E-state index is -0.183. The molecule has 0 aliphatic carbocycles. The Hall–Kier alpha value is -1.74. The van der Waals surface area contributed by atoms with Crippen LogP contribution in [-0.4, -0.2) is 11.8 Å². The highest BCUT2D eigenvalue weighted by atomic mass is 16.2. The fourth-order valence-corrected chi connectivity index (χ4v) is 1.89. The highest BCUT2D eigenvalue weighted by Crippen LogP contribution is 2.15. The quantitative estimate of drug-likeness (QED) is 0.671. The molecule has 0 aromatic heterocycles. The third kappa shape index (κ3) is 1.51. The maximum absolute atomic E-state index is 11.5. The minimum absolute atomic E-state index is 0.183. The molecule has 3 heteroatoms. The Morgan fingerprint density at radius 2 is 1.40 bits per heavy atom. The van der Waals surface area contributed by atoms with E-state index in [9.17, 15) is 9.59 Å². The summed E-state index contributed by atoms with van der Waals surface area (Å²) in [7, 11) is 0. The van der Waals surface area contributed by atoms with Gasteiger partial charge in [0, 0.05) is 11.1 Å². The van der Waals surface area contributed by atoms with E-state index in [0.29, 0.717) is 4.90 Å². The number of hydrogen-bond acceptors (Lipinski definition) is 2. The molecule has 0 fully saturated rings. The average molecular weight is 202 g/mol. The molecule has 0 unspecified atom stereocenters. The second-order valence-corrected chi connectivity index (χ2v) is 3.70. The molecule has 1 aliphatic heterocycles. The summed E-state index contributed by atoms with van der Waals surface area (Å²) in [4.78, 5) is 23.4. The van der Waals surface area contributed by atoms with Crippen molar-refractivity contribution in [3.8, 4) is 0 Å². The Kier molecular flexibility index (Phi) is 2.25. The molecule has 0 saturated heterocycles. The second kappa shape index (κ2) is 3.44. The van der Waals surface area contributed by atoms with Crippen molar-refractivity contribution in [3.63, 3.8) is 0 Å². The van der Waals surface area contributed by atoms with Crippen molar-refractivity contribution < 1.29 is 14.5 Å². The summed E-state index contributed by atoms with van der Waals surface area (Å²) in [6.07, 6.45) is 2.67. The van der Waals surface area contributed by atoms with Crippen LogP contribution in [0.3, 0.4) is 0 Å². The molecule has 0 spiro atoms. The summed E-state index contributed by atoms with van der Waals surface area (Å²) in [5.74, 6) is -0.366. The van der Waals surface area contributed by atoms with Gasteiger partial charge in [-0.2, -0.15) is 4.90 Å². The molecule has 0 radical (unpaired) electrons. The largest absolute Gasteiger partial charge is 0.350 e. The van der Waals surface area contributed by atoms with Gasteiger partial charge in [-0.15, -0.1) is 0 Å². The molecule has 1 aromatic rings. The van der Waals surface area contributed by atoms with Gasteiger partial charge in [-0.25, -0.2) is 9.59 Å². The number of rotatable bonds is 1. The first-order valence-electron chi connectivity index (χ1n) is 4.81. The van der Waals surface area contributed by atoms with Gasteiger partial charge < -0.3 is 0 Å². The Morgan fingerprint density at radius 3 is 1.87 bits per heavy atom. The van der Waals surface area contributed by atoms with Crippen molar-refractivity contribution in [3.05, 3.63) is 41.5 Å². The monoisotopic (exact) mass is 202 g/mol. The molecule has 76 valence electrons. The van der Waals surface area contributed by atoms with Crippen molar-refractivity contribution in [2.24, 2.45) is 0 Å². The van der Waals surface area contributed by atoms with E-state index < -0.39 is 0 Å². The fourth-order valence-electron chi connectivity index (χ4n) is 1.89. The highest BCUT2D eigenvalue weighted by molar-refractivity contribution is 6.03. The van der Waals surface area contributed by atoms with Gasteiger partial charge >= 0.3 is 11.8 Å². The van der Waals surface area contributed by atoms with Gasteiger partial charge in [-0.3, -0.25) is 0 Å². The number of aryl methyl sites for hydroxylation is 2. The fraction of sp³-hybridized carbons (Fsp3) is 0.167. The number of quaternary nitrogens is 1. The lowest BCUT2D eigenvalue weighted by Gasteiger charge is -2.12. The summed E-state index contributed by atoms with van der Waals surface area (Å²) in [5, 5.41) is 0. The molecule has 2 amide bonds. The average Bonchev–Trinajstić information content (AvgIpc) is 2.49. The Balaban J connectivity index is 2.55. The third-order valence-electron chi connectivity index (χ3n) is 2.61. The summed E-state index contributed by atoms with van der Waals surface area (Å²) in [6, 6.07) is 5.74. The van der Waals surface area contributed by atoms with E-state index >= 15 is 0 Å². The molecule has 0 saturated carbocycles. The molecule has 1 heterocycles. The molecule has 0 bridgehead atoms. The minimum Gasteiger partial charge on any atom is -0.225 e. The Morgan fingerprint density at radius 1 is 0.933 bits per heavy atom. The van der Waals surface area contributed by atoms with Crippen molar-refractivity contribution >= 4 is 17.5 Å². The lowest BCUT2D eigenvalue weighted by Crippen LogP contribution is -3.11. The highest BCUT2D eigenvalue weighted by Gasteiger charge is 2.34. The van der Waals surface area contributed by atoms with E-state index in [0.717, 1.165) is 16.8 Å². The zero-order chi connectivity index (χ0) is 11.0. The lowest BCUT2D eigenvalue weighted by atomic mass is 10.1. The van der Waals surface area contributed by atoms with Gasteiger partial charge in [0.15, 0.2) is 5.69 Å².